The van der Waals surface area contributed by atoms with Crippen molar-refractivity contribution >= 4 is 40.9 Å². The molecule has 0 aromatic carbocycles. The van der Waals surface area contributed by atoms with Crippen LogP contribution in [0.3, 0.4) is 0 Å². The molecule has 0 heterocycles. The molecule has 1 radical (unpaired) electrons. The fourth-order valence-electron chi connectivity index (χ4n) is 0. The molecule has 0 amide bonds. The molecule has 6 heteroatoms. The van der Waals surface area contributed by atoms with Crippen LogP contribution in [0.4, 0.5) is 0 Å². The van der Waals surface area contributed by atoms with Gasteiger partial charge >= 0.3 is 0 Å². The summed E-state index contributed by atoms with van der Waals surface area (Å²) >= 11 is -2.86. The maximum Gasteiger partial charge on any atom is 0.0814 e. The van der Waals surface area contributed by atoms with E-state index in [4.69, 9.17) is 13.3 Å². The van der Waals surface area contributed by atoms with Crippen LogP contribution in [0, 0.1) is 0 Å². The van der Waals surface area contributed by atoms with Crippen LogP contribution in [0.1, 0.15) is 0 Å². The molecule has 0 rings (SSSR count). The zero-order chi connectivity index (χ0) is 3.58. The van der Waals surface area contributed by atoms with Crippen molar-refractivity contribution in [2.45, 2.75) is 0 Å². The molecular formula is H5NNaO3S. The topological polar surface area (TPSA) is 96.9 Å². The molecule has 0 spiro atoms. The van der Waals surface area contributed by atoms with Crippen molar-refractivity contribution in [2.75, 3.05) is 0 Å². The zero-order valence-electron chi connectivity index (χ0n) is 3.67. The van der Waals surface area contributed by atoms with E-state index in [2.05, 4.69) is 0 Å². The summed E-state index contributed by atoms with van der Waals surface area (Å²) in [7, 11) is 0. The molecule has 0 aliphatic rings. The van der Waals surface area contributed by atoms with Crippen LogP contribution < -0.4 is 6.15 Å². The Morgan fingerprint density at radius 1 is 1.67 bits per heavy atom. The third-order valence-electron chi connectivity index (χ3n) is 0. The van der Waals surface area contributed by atoms with Crippen LogP contribution in [-0.4, -0.2) is 42.9 Å². The Bertz CT molecular complexity index is 33.8. The molecule has 1 atom stereocenters. The van der Waals surface area contributed by atoms with E-state index in [1.54, 1.807) is 0 Å². The van der Waals surface area contributed by atoms with E-state index in [9.17, 15) is 0 Å². The summed E-state index contributed by atoms with van der Waals surface area (Å²) in [5.41, 5.74) is 0. The standard InChI is InChI=1S/H3N.Na.H2O3S/c;;1-4(2)3/h1H3;;(H2,1,2,3). The van der Waals surface area contributed by atoms with Crippen molar-refractivity contribution in [3.05, 3.63) is 0 Å². The van der Waals surface area contributed by atoms with E-state index in [0.717, 1.165) is 0 Å². The predicted molar refractivity (Wildman–Crippen MR) is 23.3 cm³/mol. The van der Waals surface area contributed by atoms with Gasteiger partial charge in [0.25, 0.3) is 0 Å². The van der Waals surface area contributed by atoms with Crippen molar-refractivity contribution in [3.8, 4) is 0 Å². The minimum atomic E-state index is -2.86. The van der Waals surface area contributed by atoms with Crippen molar-refractivity contribution < 1.29 is 13.3 Å². The van der Waals surface area contributed by atoms with Crippen molar-refractivity contribution in [1.29, 1.82) is 0 Å². The third kappa shape index (κ3) is 77.0. The van der Waals surface area contributed by atoms with Gasteiger partial charge in [-0.15, -0.1) is 0 Å². The minimum absolute atomic E-state index is 0. The van der Waals surface area contributed by atoms with Crippen molar-refractivity contribution in [1.82, 2.24) is 6.15 Å². The first-order valence-electron chi connectivity index (χ1n) is 0.516. The fraction of sp³-hybridized carbons (Fsp3) is 0. The predicted octanol–water partition coefficient (Wildman–Crippen LogP) is -0.666. The van der Waals surface area contributed by atoms with Crippen molar-refractivity contribution in [2.24, 2.45) is 0 Å². The van der Waals surface area contributed by atoms with Crippen LogP contribution in [0.5, 0.6) is 0 Å². The van der Waals surface area contributed by atoms with Gasteiger partial charge in [-0.25, -0.2) is 4.21 Å². The molecule has 6 heavy (non-hydrogen) atoms. The second-order valence-electron chi connectivity index (χ2n) is 0.217. The zero-order valence-corrected chi connectivity index (χ0v) is 6.49. The summed E-state index contributed by atoms with van der Waals surface area (Å²) in [5, 5.41) is 0. The molecule has 0 bridgehead atoms. The number of hydrogen-bond acceptors (Lipinski definition) is 2. The summed E-state index contributed by atoms with van der Waals surface area (Å²) in [5.74, 6) is 0. The first-order valence-corrected chi connectivity index (χ1v) is 1.55. The molecule has 0 saturated carbocycles. The van der Waals surface area contributed by atoms with Gasteiger partial charge in [0.05, 0.1) is 11.4 Å². The molecule has 0 aliphatic heterocycles. The Morgan fingerprint density at radius 2 is 1.67 bits per heavy atom. The van der Waals surface area contributed by atoms with Gasteiger partial charge in [-0.05, 0) is 0 Å². The van der Waals surface area contributed by atoms with Gasteiger partial charge in [-0.2, -0.15) is 0 Å². The molecule has 35 valence electrons. The summed E-state index contributed by atoms with van der Waals surface area (Å²) in [6.07, 6.45) is 0. The second-order valence-corrected chi connectivity index (χ2v) is 0.651. The van der Waals surface area contributed by atoms with E-state index in [1.807, 2.05) is 0 Å². The maximum atomic E-state index is 8.56. The van der Waals surface area contributed by atoms with Gasteiger partial charge in [0.15, 0.2) is 0 Å². The second kappa shape index (κ2) is 9.39. The van der Waals surface area contributed by atoms with E-state index in [0.29, 0.717) is 0 Å². The summed E-state index contributed by atoms with van der Waals surface area (Å²) < 4.78 is 24.1. The fourth-order valence-corrected chi connectivity index (χ4v) is 0. The van der Waals surface area contributed by atoms with E-state index >= 15 is 0 Å². The molecular weight excluding hydrogens is 117 g/mol. The first kappa shape index (κ1) is 15.7. The summed E-state index contributed by atoms with van der Waals surface area (Å²) in [6.45, 7) is 0. The SMILES string of the molecule is O=S([O-])O.[NH4+].[Na]. The Balaban J connectivity index is -0.0000000450. The van der Waals surface area contributed by atoms with E-state index < -0.39 is 11.4 Å². The molecule has 1 unspecified atom stereocenters. The van der Waals surface area contributed by atoms with Crippen LogP contribution in [0.25, 0.3) is 0 Å². The van der Waals surface area contributed by atoms with Crippen molar-refractivity contribution in [3.63, 3.8) is 0 Å². The maximum absolute atomic E-state index is 8.56. The quantitative estimate of drug-likeness (QED) is 0.329. The van der Waals surface area contributed by atoms with Gasteiger partial charge < -0.3 is 15.3 Å². The Kier molecular flexibility index (Phi) is 24.6. The van der Waals surface area contributed by atoms with Crippen LogP contribution in [0.2, 0.25) is 0 Å². The van der Waals surface area contributed by atoms with Gasteiger partial charge in [0, 0.05) is 29.6 Å². The van der Waals surface area contributed by atoms with E-state index in [1.165, 1.54) is 0 Å². The molecule has 0 aromatic rings. The molecule has 0 aliphatic carbocycles. The normalized spacial score (nSPS) is 10.3. The number of quaternary nitrogens is 1. The van der Waals surface area contributed by atoms with Crippen LogP contribution in [-0.2, 0) is 11.4 Å². The molecule has 0 saturated heterocycles. The monoisotopic (exact) mass is 122 g/mol. The Labute approximate surface area is 60.3 Å². The molecule has 0 aromatic heterocycles. The van der Waals surface area contributed by atoms with Crippen LogP contribution >= 0.6 is 0 Å². The average Bonchev–Trinajstić information content (AvgIpc) is 0.811. The minimum Gasteiger partial charge on any atom is -0.750 e. The van der Waals surface area contributed by atoms with Gasteiger partial charge in [-0.1, -0.05) is 0 Å². The smallest absolute Gasteiger partial charge is 0.0814 e. The largest absolute Gasteiger partial charge is 0.750 e. The van der Waals surface area contributed by atoms with Gasteiger partial charge in [0.1, 0.15) is 0 Å². The molecule has 0 fully saturated rings. The molecule has 5 N–H and O–H groups in total. The van der Waals surface area contributed by atoms with E-state index in [-0.39, 0.29) is 35.7 Å². The summed E-state index contributed by atoms with van der Waals surface area (Å²) in [4.78, 5) is 0. The average molecular weight is 122 g/mol. The molecule has 4 nitrogen and oxygen atoms in total. The number of rotatable bonds is 0. The summed E-state index contributed by atoms with van der Waals surface area (Å²) in [6, 6.07) is 0. The van der Waals surface area contributed by atoms with Crippen LogP contribution in [0.15, 0.2) is 0 Å². The van der Waals surface area contributed by atoms with Gasteiger partial charge in [-0.3, -0.25) is 0 Å². The Hall–Kier alpha value is 1.03. The third-order valence-corrected chi connectivity index (χ3v) is 0. The first-order chi connectivity index (χ1) is 1.73. The van der Waals surface area contributed by atoms with Gasteiger partial charge in [0.2, 0.25) is 0 Å². The number of hydrogen-bond donors (Lipinski definition) is 2. The Morgan fingerprint density at radius 3 is 1.67 bits per heavy atom.